The van der Waals surface area contributed by atoms with Crippen LogP contribution in [0.5, 0.6) is 0 Å². The first-order chi connectivity index (χ1) is 28.5. The standard InChI is InChI=1S/C40H36F2N8O8S2/c1-3-6-33(51)31-15-11-28-36(60(57,58)47-31)22-50(38(28)40(54)46-26-9-13-30(42)24(18-26)20-44)16-5-4-7-34(52)32-14-10-27-35(59(55,56)48-32)21-49(2)37(27)39(53)45-25-8-12-29(41)23(17-25)19-43/h8-9,12-13,17-18,21-22,31-34,47-48,51-52H,5,10-11,14-16H2,1-2H3,(H,45,53)(H,46,54)/t31-,32-,33-,34+/m1/s1. The average Bonchev–Trinajstić information content (AvgIpc) is 3.68. The number of aryl methyl sites for hydroxylation is 2. The summed E-state index contributed by atoms with van der Waals surface area (Å²) in [6, 6.07) is 8.03. The third-order valence-corrected chi connectivity index (χ3v) is 13.0. The van der Waals surface area contributed by atoms with Crippen molar-refractivity contribution in [2.24, 2.45) is 7.05 Å². The van der Waals surface area contributed by atoms with E-state index in [0.29, 0.717) is 0 Å². The molecule has 0 saturated heterocycles. The van der Waals surface area contributed by atoms with Crippen LogP contribution in [0.2, 0.25) is 0 Å². The van der Waals surface area contributed by atoms with Crippen LogP contribution < -0.4 is 20.1 Å². The fourth-order valence-electron chi connectivity index (χ4n) is 7.06. The second-order valence-electron chi connectivity index (χ2n) is 13.9. The minimum atomic E-state index is -4.30. The third-order valence-electron chi connectivity index (χ3n) is 9.89. The van der Waals surface area contributed by atoms with Crippen molar-refractivity contribution < 1.29 is 45.4 Å². The first-order valence-electron chi connectivity index (χ1n) is 18.2. The topological polar surface area (TPSA) is 248 Å². The number of nitriles is 2. The fraction of sp³-hybridized carbons (Fsp3) is 0.300. The average molecular weight is 859 g/mol. The number of amides is 2. The molecule has 16 nitrogen and oxygen atoms in total. The van der Waals surface area contributed by atoms with Gasteiger partial charge in [-0.1, -0.05) is 17.8 Å². The number of aliphatic hydroxyl groups is 2. The smallest absolute Gasteiger partial charge is 0.272 e. The Kier molecular flexibility index (Phi) is 12.6. The summed E-state index contributed by atoms with van der Waals surface area (Å²) >= 11 is 0. The molecule has 0 bridgehead atoms. The Morgan fingerprint density at radius 3 is 1.82 bits per heavy atom. The van der Waals surface area contributed by atoms with Crippen LogP contribution in [0.1, 0.15) is 69.4 Å². The van der Waals surface area contributed by atoms with Gasteiger partial charge in [0.15, 0.2) is 0 Å². The second kappa shape index (κ2) is 17.5. The lowest BCUT2D eigenvalue weighted by molar-refractivity contribution is 0.100. The lowest BCUT2D eigenvalue weighted by Crippen LogP contribution is -2.41. The van der Waals surface area contributed by atoms with Gasteiger partial charge in [-0.15, -0.1) is 5.92 Å². The minimum Gasteiger partial charge on any atom is -0.379 e. The van der Waals surface area contributed by atoms with E-state index in [1.54, 1.807) is 12.1 Å². The van der Waals surface area contributed by atoms with Gasteiger partial charge in [0.05, 0.1) is 23.2 Å². The van der Waals surface area contributed by atoms with Gasteiger partial charge in [-0.05, 0) is 69.0 Å². The quantitative estimate of drug-likeness (QED) is 0.141. The van der Waals surface area contributed by atoms with Crippen LogP contribution in [0.4, 0.5) is 20.2 Å². The Morgan fingerprint density at radius 2 is 1.30 bits per heavy atom. The molecule has 4 aromatic rings. The van der Waals surface area contributed by atoms with Crippen LogP contribution in [0.3, 0.4) is 0 Å². The van der Waals surface area contributed by atoms with E-state index in [1.807, 2.05) is 0 Å². The van der Waals surface area contributed by atoms with Gasteiger partial charge in [0.1, 0.15) is 57.2 Å². The molecule has 20 heteroatoms. The number of nitrogens with zero attached hydrogens (tertiary/aromatic N) is 4. The maximum Gasteiger partial charge on any atom is 0.272 e. The van der Waals surface area contributed by atoms with Gasteiger partial charge < -0.3 is 30.0 Å². The predicted octanol–water partition coefficient (Wildman–Crippen LogP) is 2.38. The molecule has 0 fully saturated rings. The maximum absolute atomic E-state index is 14.0. The molecular weight excluding hydrogens is 823 g/mol. The largest absolute Gasteiger partial charge is 0.379 e. The Balaban J connectivity index is 1.21. The number of halogens is 2. The molecule has 6 N–H and O–H groups in total. The van der Waals surface area contributed by atoms with Gasteiger partial charge in [0.25, 0.3) is 11.8 Å². The van der Waals surface area contributed by atoms with E-state index in [1.165, 1.54) is 47.6 Å². The number of aliphatic hydroxyl groups excluding tert-OH is 2. The summed E-state index contributed by atoms with van der Waals surface area (Å²) < 4.78 is 89.5. The Bertz CT molecular complexity index is 2860. The summed E-state index contributed by atoms with van der Waals surface area (Å²) in [5.74, 6) is 7.37. The minimum absolute atomic E-state index is 0.00660. The number of rotatable bonds is 8. The number of aromatic nitrogens is 2. The number of sulfonamides is 2. The zero-order valence-electron chi connectivity index (χ0n) is 31.9. The van der Waals surface area contributed by atoms with E-state index in [2.05, 4.69) is 43.8 Å². The molecule has 0 radical (unpaired) electrons. The summed E-state index contributed by atoms with van der Waals surface area (Å²) in [5, 5.41) is 45.1. The monoisotopic (exact) mass is 858 g/mol. The zero-order valence-corrected chi connectivity index (χ0v) is 33.5. The van der Waals surface area contributed by atoms with E-state index >= 15 is 0 Å². The van der Waals surface area contributed by atoms with Gasteiger partial charge in [0, 0.05) is 54.9 Å². The number of anilines is 2. The van der Waals surface area contributed by atoms with Crippen LogP contribution in [-0.2, 0) is 46.5 Å². The molecule has 0 spiro atoms. The van der Waals surface area contributed by atoms with Crippen LogP contribution >= 0.6 is 0 Å². The Morgan fingerprint density at radius 1 is 0.817 bits per heavy atom. The van der Waals surface area contributed by atoms with Crippen molar-refractivity contribution in [2.45, 2.75) is 79.7 Å². The number of benzene rings is 2. The molecule has 2 aromatic carbocycles. The lowest BCUT2D eigenvalue weighted by atomic mass is 10.0. The summed E-state index contributed by atoms with van der Waals surface area (Å²) in [7, 11) is -7.12. The Hall–Kier alpha value is -6.36. The molecule has 4 heterocycles. The van der Waals surface area contributed by atoms with Crippen LogP contribution in [0.25, 0.3) is 0 Å². The number of carbonyl (C=O) groups is 2. The van der Waals surface area contributed by atoms with Crippen LogP contribution in [0, 0.1) is 58.0 Å². The van der Waals surface area contributed by atoms with E-state index in [4.69, 9.17) is 5.26 Å². The van der Waals surface area contributed by atoms with Crippen LogP contribution in [0.15, 0.2) is 58.6 Å². The fourth-order valence-corrected chi connectivity index (χ4v) is 10.2. The van der Waals surface area contributed by atoms with Crippen molar-refractivity contribution in [1.29, 1.82) is 10.5 Å². The SMILES string of the molecule is CC#C[C@@H](O)[C@H]1CCc2c(cn(CCC#C[C@H](O)[C@H]3CCc4c(cn(C)c4C(=O)Nc4ccc(F)c(C#N)c4)S(=O)(=O)N3)c2C(=O)Nc2ccc(F)c(C#N)c2)S(=O)(=O)N1. The highest BCUT2D eigenvalue weighted by Crippen LogP contribution is 2.31. The molecular formula is C40H36F2N8O8S2. The Labute approximate surface area is 343 Å². The molecule has 0 saturated carbocycles. The number of fused-ring (bicyclic) bond motifs is 2. The van der Waals surface area contributed by atoms with Crippen molar-refractivity contribution in [1.82, 2.24) is 18.6 Å². The summed E-state index contributed by atoms with van der Waals surface area (Å²) in [6.45, 7) is 1.40. The van der Waals surface area contributed by atoms with Gasteiger partial charge in [-0.2, -0.15) is 10.5 Å². The summed E-state index contributed by atoms with van der Waals surface area (Å²) in [6.07, 6.45) is -0.341. The van der Waals surface area contributed by atoms with Gasteiger partial charge in [-0.25, -0.2) is 35.1 Å². The highest BCUT2D eigenvalue weighted by molar-refractivity contribution is 7.89. The zero-order chi connectivity index (χ0) is 43.5. The van der Waals surface area contributed by atoms with E-state index < -0.39 is 67.8 Å². The van der Waals surface area contributed by atoms with Crippen molar-refractivity contribution in [2.75, 3.05) is 10.6 Å². The van der Waals surface area contributed by atoms with Gasteiger partial charge in [0.2, 0.25) is 20.0 Å². The number of hydrogen-bond acceptors (Lipinski definition) is 10. The predicted molar refractivity (Wildman–Crippen MR) is 211 cm³/mol. The van der Waals surface area contributed by atoms with E-state index in [-0.39, 0.29) is 93.5 Å². The maximum atomic E-state index is 14.0. The van der Waals surface area contributed by atoms with Crippen molar-refractivity contribution >= 4 is 43.2 Å². The lowest BCUT2D eigenvalue weighted by Gasteiger charge is -2.18. The highest BCUT2D eigenvalue weighted by atomic mass is 32.2. The van der Waals surface area contributed by atoms with Gasteiger partial charge >= 0.3 is 0 Å². The molecule has 60 heavy (non-hydrogen) atoms. The highest BCUT2D eigenvalue weighted by Gasteiger charge is 2.37. The number of carbonyl (C=O) groups excluding carboxylic acids is 2. The van der Waals surface area contributed by atoms with E-state index in [0.717, 1.165) is 24.3 Å². The third kappa shape index (κ3) is 8.95. The summed E-state index contributed by atoms with van der Waals surface area (Å²) in [5.41, 5.74) is -0.260. The first kappa shape index (κ1) is 43.2. The first-order valence-corrected chi connectivity index (χ1v) is 21.2. The molecule has 6 rings (SSSR count). The van der Waals surface area contributed by atoms with E-state index in [9.17, 15) is 50.7 Å². The van der Waals surface area contributed by atoms with Gasteiger partial charge in [-0.3, -0.25) is 9.59 Å². The normalized spacial score (nSPS) is 18.5. The van der Waals surface area contributed by atoms with Crippen LogP contribution in [-0.4, -0.2) is 72.3 Å². The second-order valence-corrected chi connectivity index (χ2v) is 17.2. The molecule has 2 aliphatic rings. The molecule has 2 aromatic heterocycles. The number of nitrogens with one attached hydrogen (secondary N) is 4. The summed E-state index contributed by atoms with van der Waals surface area (Å²) in [4.78, 5) is 26.8. The van der Waals surface area contributed by atoms with Crippen molar-refractivity contribution in [3.8, 4) is 35.8 Å². The molecule has 2 amide bonds. The molecule has 2 aliphatic heterocycles. The molecule has 0 unspecified atom stereocenters. The molecule has 310 valence electrons. The van der Waals surface area contributed by atoms with Crippen molar-refractivity contribution in [3.63, 3.8) is 0 Å². The number of hydrogen-bond donors (Lipinski definition) is 6. The molecule has 4 atom stereocenters. The molecule has 0 aliphatic carbocycles. The van der Waals surface area contributed by atoms with Crippen molar-refractivity contribution in [3.05, 3.63) is 94.1 Å².